The van der Waals surface area contributed by atoms with Crippen LogP contribution in [0.15, 0.2) is 43.1 Å². The van der Waals surface area contributed by atoms with Crippen molar-refractivity contribution in [2.24, 2.45) is 7.05 Å². The maximum Gasteiger partial charge on any atom is 0.255 e. The highest BCUT2D eigenvalue weighted by Crippen LogP contribution is 2.28. The first-order chi connectivity index (χ1) is 11.5. The molecule has 1 aromatic carbocycles. The molecule has 0 aliphatic heterocycles. The Hall–Kier alpha value is -2.67. The predicted molar refractivity (Wildman–Crippen MR) is 90.6 cm³/mol. The fourth-order valence-corrected chi connectivity index (χ4v) is 2.69. The molecule has 2 aromatic heterocycles. The van der Waals surface area contributed by atoms with Crippen LogP contribution in [-0.4, -0.2) is 36.5 Å². The van der Waals surface area contributed by atoms with Crippen LogP contribution in [0.5, 0.6) is 0 Å². The van der Waals surface area contributed by atoms with Crippen LogP contribution in [0, 0.1) is 0 Å². The van der Waals surface area contributed by atoms with Crippen molar-refractivity contribution in [1.82, 2.24) is 29.9 Å². The quantitative estimate of drug-likeness (QED) is 0.769. The highest BCUT2D eigenvalue weighted by Gasteiger charge is 2.20. The number of halogens is 1. The molecule has 2 heterocycles. The average Bonchev–Trinajstić information content (AvgIpc) is 3.17. The van der Waals surface area contributed by atoms with Gasteiger partial charge in [-0.05, 0) is 13.0 Å². The molecule has 0 spiro atoms. The number of carbonyl (C=O) groups excluding carboxylic acids is 1. The standard InChI is InChI=1S/C16H17ClN6O/c1-11(7-23-10-18-9-19-23)20-16(24)13-8-22(2)21-15(13)12-5-3-4-6-14(12)17/h3-6,8-11H,7H2,1-2H3,(H,20,24). The molecule has 1 atom stereocenters. The lowest BCUT2D eigenvalue weighted by molar-refractivity contribution is 0.0936. The van der Waals surface area contributed by atoms with E-state index in [0.717, 1.165) is 5.56 Å². The second-order valence-electron chi connectivity index (χ2n) is 5.54. The van der Waals surface area contributed by atoms with Gasteiger partial charge in [-0.15, -0.1) is 0 Å². The van der Waals surface area contributed by atoms with Gasteiger partial charge in [0, 0.05) is 24.8 Å². The molecule has 0 fully saturated rings. The number of rotatable bonds is 5. The second kappa shape index (κ2) is 6.84. The van der Waals surface area contributed by atoms with Gasteiger partial charge in [0.05, 0.1) is 17.1 Å². The molecule has 3 rings (SSSR count). The topological polar surface area (TPSA) is 77.6 Å². The average molecular weight is 345 g/mol. The first-order valence-corrected chi connectivity index (χ1v) is 7.84. The molecule has 1 amide bonds. The molecule has 1 N–H and O–H groups in total. The third kappa shape index (κ3) is 3.46. The number of aromatic nitrogens is 5. The van der Waals surface area contributed by atoms with Gasteiger partial charge in [-0.25, -0.2) is 4.98 Å². The minimum atomic E-state index is -0.203. The Morgan fingerprint density at radius 2 is 2.17 bits per heavy atom. The summed E-state index contributed by atoms with van der Waals surface area (Å²) in [5, 5.41) is 11.9. The summed E-state index contributed by atoms with van der Waals surface area (Å²) in [5.74, 6) is -0.203. The fraction of sp³-hybridized carbons (Fsp3) is 0.250. The van der Waals surface area contributed by atoms with E-state index >= 15 is 0 Å². The van der Waals surface area contributed by atoms with Crippen molar-refractivity contribution in [3.05, 3.63) is 53.7 Å². The van der Waals surface area contributed by atoms with Gasteiger partial charge in [0.15, 0.2) is 0 Å². The van der Waals surface area contributed by atoms with E-state index in [1.807, 2.05) is 25.1 Å². The predicted octanol–water partition coefficient (Wildman–Crippen LogP) is 2.15. The van der Waals surface area contributed by atoms with Crippen LogP contribution in [0.3, 0.4) is 0 Å². The molecular formula is C16H17ClN6O. The van der Waals surface area contributed by atoms with Crippen molar-refractivity contribution >= 4 is 17.5 Å². The number of hydrogen-bond acceptors (Lipinski definition) is 4. The Bertz CT molecular complexity index is 842. The molecule has 8 heteroatoms. The van der Waals surface area contributed by atoms with Crippen molar-refractivity contribution in [2.45, 2.75) is 19.5 Å². The van der Waals surface area contributed by atoms with Crippen molar-refractivity contribution in [2.75, 3.05) is 0 Å². The van der Waals surface area contributed by atoms with Crippen LogP contribution in [0.2, 0.25) is 5.02 Å². The number of benzene rings is 1. The summed E-state index contributed by atoms with van der Waals surface area (Å²) in [6, 6.07) is 7.22. The lowest BCUT2D eigenvalue weighted by Gasteiger charge is -2.13. The molecule has 124 valence electrons. The number of hydrogen-bond donors (Lipinski definition) is 1. The maximum atomic E-state index is 12.6. The maximum absolute atomic E-state index is 12.6. The van der Waals surface area contributed by atoms with Crippen molar-refractivity contribution in [3.8, 4) is 11.3 Å². The molecule has 0 saturated carbocycles. The van der Waals surface area contributed by atoms with Crippen LogP contribution >= 0.6 is 11.6 Å². The monoisotopic (exact) mass is 344 g/mol. The zero-order valence-electron chi connectivity index (χ0n) is 13.3. The van der Waals surface area contributed by atoms with E-state index < -0.39 is 0 Å². The Labute approximate surface area is 144 Å². The van der Waals surface area contributed by atoms with Gasteiger partial charge >= 0.3 is 0 Å². The summed E-state index contributed by atoms with van der Waals surface area (Å²) in [5.41, 5.74) is 1.78. The Morgan fingerprint density at radius 3 is 2.88 bits per heavy atom. The van der Waals surface area contributed by atoms with E-state index in [9.17, 15) is 4.79 Å². The smallest absolute Gasteiger partial charge is 0.255 e. The number of aryl methyl sites for hydroxylation is 1. The van der Waals surface area contributed by atoms with E-state index in [4.69, 9.17) is 11.6 Å². The second-order valence-corrected chi connectivity index (χ2v) is 5.94. The van der Waals surface area contributed by atoms with E-state index in [2.05, 4.69) is 20.5 Å². The number of nitrogens with one attached hydrogen (secondary N) is 1. The highest BCUT2D eigenvalue weighted by atomic mass is 35.5. The first kappa shape index (κ1) is 16.2. The molecule has 24 heavy (non-hydrogen) atoms. The van der Waals surface area contributed by atoms with Crippen LogP contribution in [0.4, 0.5) is 0 Å². The van der Waals surface area contributed by atoms with Gasteiger partial charge in [-0.1, -0.05) is 29.8 Å². The summed E-state index contributed by atoms with van der Waals surface area (Å²) in [6.07, 6.45) is 4.77. The number of nitrogens with zero attached hydrogens (tertiary/aromatic N) is 5. The molecule has 0 aliphatic carbocycles. The molecule has 0 radical (unpaired) electrons. The van der Waals surface area contributed by atoms with Gasteiger partial charge in [-0.2, -0.15) is 10.2 Å². The van der Waals surface area contributed by atoms with Gasteiger partial charge in [-0.3, -0.25) is 14.2 Å². The van der Waals surface area contributed by atoms with E-state index in [-0.39, 0.29) is 11.9 Å². The molecule has 0 saturated heterocycles. The van der Waals surface area contributed by atoms with Crippen LogP contribution in [0.1, 0.15) is 17.3 Å². The Kier molecular flexibility index (Phi) is 4.61. The number of amides is 1. The third-order valence-corrected chi connectivity index (χ3v) is 3.84. The largest absolute Gasteiger partial charge is 0.348 e. The first-order valence-electron chi connectivity index (χ1n) is 7.46. The van der Waals surface area contributed by atoms with Crippen molar-refractivity contribution in [1.29, 1.82) is 0 Å². The van der Waals surface area contributed by atoms with Crippen molar-refractivity contribution < 1.29 is 4.79 Å². The van der Waals surface area contributed by atoms with E-state index in [1.165, 1.54) is 6.33 Å². The lowest BCUT2D eigenvalue weighted by Crippen LogP contribution is -2.35. The summed E-state index contributed by atoms with van der Waals surface area (Å²) in [7, 11) is 1.77. The highest BCUT2D eigenvalue weighted by molar-refractivity contribution is 6.33. The molecule has 7 nitrogen and oxygen atoms in total. The molecular weight excluding hydrogens is 328 g/mol. The zero-order chi connectivity index (χ0) is 17.1. The van der Waals surface area contributed by atoms with E-state index in [1.54, 1.807) is 35.0 Å². The van der Waals surface area contributed by atoms with Crippen LogP contribution in [-0.2, 0) is 13.6 Å². The molecule has 1 unspecified atom stereocenters. The van der Waals surface area contributed by atoms with Crippen LogP contribution in [0.25, 0.3) is 11.3 Å². The normalized spacial score (nSPS) is 12.1. The zero-order valence-corrected chi connectivity index (χ0v) is 14.1. The number of carbonyl (C=O) groups is 1. The molecule has 3 aromatic rings. The van der Waals surface area contributed by atoms with Gasteiger partial charge in [0.25, 0.3) is 5.91 Å². The fourth-order valence-electron chi connectivity index (χ4n) is 2.46. The summed E-state index contributed by atoms with van der Waals surface area (Å²) in [6.45, 7) is 2.44. The van der Waals surface area contributed by atoms with E-state index in [0.29, 0.717) is 22.8 Å². The van der Waals surface area contributed by atoms with Gasteiger partial charge < -0.3 is 5.32 Å². The summed E-state index contributed by atoms with van der Waals surface area (Å²) < 4.78 is 3.28. The summed E-state index contributed by atoms with van der Waals surface area (Å²) in [4.78, 5) is 16.5. The molecule has 0 bridgehead atoms. The Balaban J connectivity index is 1.82. The lowest BCUT2D eigenvalue weighted by atomic mass is 10.1. The molecule has 0 aliphatic rings. The minimum absolute atomic E-state index is 0.112. The third-order valence-electron chi connectivity index (χ3n) is 3.51. The van der Waals surface area contributed by atoms with Crippen LogP contribution < -0.4 is 5.32 Å². The Morgan fingerprint density at radius 1 is 1.38 bits per heavy atom. The SMILES string of the molecule is CC(Cn1cncn1)NC(=O)c1cn(C)nc1-c1ccccc1Cl. The van der Waals surface area contributed by atoms with Crippen molar-refractivity contribution in [3.63, 3.8) is 0 Å². The summed E-state index contributed by atoms with van der Waals surface area (Å²) >= 11 is 6.25. The van der Waals surface area contributed by atoms with Gasteiger partial charge in [0.2, 0.25) is 0 Å². The van der Waals surface area contributed by atoms with Gasteiger partial charge in [0.1, 0.15) is 18.3 Å². The minimum Gasteiger partial charge on any atom is -0.348 e.